The smallest absolute Gasteiger partial charge is 0.335 e. The molecule has 10 heteroatoms. The third kappa shape index (κ3) is 3.28. The molecule has 0 aliphatic carbocycles. The number of hydrogen-bond acceptors (Lipinski definition) is 6. The van der Waals surface area contributed by atoms with Gasteiger partial charge in [0.25, 0.3) is 11.8 Å². The average Bonchev–Trinajstić information content (AvgIpc) is 3.40. The van der Waals surface area contributed by atoms with Crippen molar-refractivity contribution in [2.24, 2.45) is 0 Å². The van der Waals surface area contributed by atoms with Crippen molar-refractivity contribution in [3.8, 4) is 11.5 Å². The van der Waals surface area contributed by atoms with E-state index in [2.05, 4.69) is 5.32 Å². The lowest BCUT2D eigenvalue weighted by Crippen LogP contribution is -2.54. The van der Waals surface area contributed by atoms with E-state index in [9.17, 15) is 24.3 Å². The molecule has 0 radical (unpaired) electrons. The van der Waals surface area contributed by atoms with Gasteiger partial charge >= 0.3 is 12.0 Å². The molecule has 1 aromatic heterocycles. The van der Waals surface area contributed by atoms with Crippen LogP contribution in [0, 0.1) is 0 Å². The lowest BCUT2D eigenvalue weighted by Gasteiger charge is -2.26. The van der Waals surface area contributed by atoms with Crippen molar-refractivity contribution >= 4 is 46.5 Å². The fourth-order valence-electron chi connectivity index (χ4n) is 3.86. The number of urea groups is 1. The van der Waals surface area contributed by atoms with E-state index in [0.717, 1.165) is 4.90 Å². The van der Waals surface area contributed by atoms with Crippen LogP contribution >= 0.6 is 0 Å². The number of aliphatic carboxylic acids is 1. The molecule has 4 amide bonds. The zero-order chi connectivity index (χ0) is 23.3. The third-order valence-corrected chi connectivity index (χ3v) is 5.56. The first-order valence-electron chi connectivity index (χ1n) is 9.98. The molecule has 0 spiro atoms. The minimum absolute atomic E-state index is 0.0292. The largest absolute Gasteiger partial charge is 0.480 e. The number of nitrogens with zero attached hydrogens (tertiary/aromatic N) is 2. The minimum atomic E-state index is -1.03. The van der Waals surface area contributed by atoms with Crippen molar-refractivity contribution in [2.75, 3.05) is 11.7 Å². The first-order valence-corrected chi connectivity index (χ1v) is 9.98. The van der Waals surface area contributed by atoms with Gasteiger partial charge in [-0.2, -0.15) is 0 Å². The number of carbonyl (C=O) groups is 4. The molecule has 33 heavy (non-hydrogen) atoms. The molecule has 3 heterocycles. The molecule has 2 aromatic carbocycles. The number of barbiturate groups is 1. The second-order valence-corrected chi connectivity index (χ2v) is 7.52. The van der Waals surface area contributed by atoms with Crippen molar-refractivity contribution in [1.29, 1.82) is 0 Å². The molecule has 2 aliphatic heterocycles. The van der Waals surface area contributed by atoms with Gasteiger partial charge in [0.2, 0.25) is 6.79 Å². The number of anilines is 1. The highest BCUT2D eigenvalue weighted by atomic mass is 16.7. The summed E-state index contributed by atoms with van der Waals surface area (Å²) in [6, 6.07) is 9.85. The summed E-state index contributed by atoms with van der Waals surface area (Å²) < 4.78 is 12.1. The number of rotatable bonds is 4. The minimum Gasteiger partial charge on any atom is -0.480 e. The summed E-state index contributed by atoms with van der Waals surface area (Å²) in [6.45, 7) is 1.56. The summed E-state index contributed by atoms with van der Waals surface area (Å²) in [6.07, 6.45) is 2.93. The lowest BCUT2D eigenvalue weighted by molar-refractivity contribution is -0.140. The Labute approximate surface area is 186 Å². The molecule has 0 unspecified atom stereocenters. The fourth-order valence-corrected chi connectivity index (χ4v) is 3.86. The number of amides is 4. The van der Waals surface area contributed by atoms with Crippen LogP contribution in [0.2, 0.25) is 0 Å². The van der Waals surface area contributed by atoms with Crippen molar-refractivity contribution in [1.82, 2.24) is 9.88 Å². The molecule has 2 aliphatic rings. The first kappa shape index (κ1) is 20.3. The molecule has 10 nitrogen and oxygen atoms in total. The van der Waals surface area contributed by atoms with Gasteiger partial charge in [0, 0.05) is 28.7 Å². The number of benzene rings is 2. The summed E-state index contributed by atoms with van der Waals surface area (Å²) in [7, 11) is 0. The highest BCUT2D eigenvalue weighted by Gasteiger charge is 2.37. The van der Waals surface area contributed by atoms with E-state index in [1.807, 2.05) is 0 Å². The van der Waals surface area contributed by atoms with Crippen LogP contribution in [0.1, 0.15) is 18.5 Å². The predicted molar refractivity (Wildman–Crippen MR) is 116 cm³/mol. The Balaban J connectivity index is 1.59. The van der Waals surface area contributed by atoms with Crippen molar-refractivity contribution in [2.45, 2.75) is 13.0 Å². The van der Waals surface area contributed by atoms with Gasteiger partial charge in [-0.3, -0.25) is 14.9 Å². The third-order valence-electron chi connectivity index (χ3n) is 5.56. The topological polar surface area (TPSA) is 127 Å². The van der Waals surface area contributed by atoms with E-state index in [-0.39, 0.29) is 18.1 Å². The molecule has 0 saturated carbocycles. The van der Waals surface area contributed by atoms with Gasteiger partial charge in [0.05, 0.1) is 5.69 Å². The zero-order valence-corrected chi connectivity index (χ0v) is 17.3. The van der Waals surface area contributed by atoms with Crippen molar-refractivity contribution < 1.29 is 33.8 Å². The number of carbonyl (C=O) groups excluding carboxylic acids is 3. The Morgan fingerprint density at radius 2 is 1.88 bits per heavy atom. The van der Waals surface area contributed by atoms with E-state index in [1.54, 1.807) is 41.1 Å². The van der Waals surface area contributed by atoms with Gasteiger partial charge in [0.15, 0.2) is 11.5 Å². The van der Waals surface area contributed by atoms with E-state index in [0.29, 0.717) is 28.0 Å². The highest BCUT2D eigenvalue weighted by molar-refractivity contribution is 6.39. The highest BCUT2D eigenvalue weighted by Crippen LogP contribution is 2.36. The molecule has 1 saturated heterocycles. The van der Waals surface area contributed by atoms with E-state index < -0.39 is 29.9 Å². The number of aromatic nitrogens is 1. The average molecular weight is 447 g/mol. The number of nitrogens with one attached hydrogen (secondary N) is 1. The van der Waals surface area contributed by atoms with Crippen molar-refractivity contribution in [3.63, 3.8) is 0 Å². The summed E-state index contributed by atoms with van der Waals surface area (Å²) in [4.78, 5) is 50.7. The number of para-hydroxylation sites is 1. The zero-order valence-electron chi connectivity index (χ0n) is 17.3. The Morgan fingerprint density at radius 1 is 1.12 bits per heavy atom. The summed E-state index contributed by atoms with van der Waals surface area (Å²) in [5.41, 5.74) is 1.05. The number of imide groups is 2. The van der Waals surface area contributed by atoms with Gasteiger partial charge in [-0.15, -0.1) is 0 Å². The van der Waals surface area contributed by atoms with Crippen LogP contribution in [0.3, 0.4) is 0 Å². The van der Waals surface area contributed by atoms with Gasteiger partial charge in [-0.1, -0.05) is 18.2 Å². The number of hydrogen-bond donors (Lipinski definition) is 2. The SMILES string of the molecule is C[C@@H](C(=O)O)n1cc(/C=C2/C(=O)NC(=O)N(c3ccc4c(c3)OCO4)C2=O)c2ccccc21. The summed E-state index contributed by atoms with van der Waals surface area (Å²) in [5.74, 6) is -1.83. The molecule has 3 aromatic rings. The van der Waals surface area contributed by atoms with Crippen LogP contribution in [-0.4, -0.2) is 40.3 Å². The van der Waals surface area contributed by atoms with Crippen LogP contribution in [-0.2, 0) is 14.4 Å². The second kappa shape index (κ2) is 7.52. The summed E-state index contributed by atoms with van der Waals surface area (Å²) >= 11 is 0. The fraction of sp³-hybridized carbons (Fsp3) is 0.130. The molecule has 2 N–H and O–H groups in total. The van der Waals surface area contributed by atoms with Crippen LogP contribution < -0.4 is 19.7 Å². The Kier molecular flexibility index (Phi) is 4.63. The maximum absolute atomic E-state index is 13.2. The first-order chi connectivity index (χ1) is 15.8. The van der Waals surface area contributed by atoms with Gasteiger partial charge < -0.3 is 19.1 Å². The maximum atomic E-state index is 13.2. The number of fused-ring (bicyclic) bond motifs is 2. The number of ether oxygens (including phenoxy) is 2. The molecular formula is C23H17N3O7. The van der Waals surface area contributed by atoms with Gasteiger partial charge in [0.1, 0.15) is 11.6 Å². The molecule has 166 valence electrons. The predicted octanol–water partition coefficient (Wildman–Crippen LogP) is 2.68. The molecule has 5 rings (SSSR count). The van der Waals surface area contributed by atoms with Crippen LogP contribution in [0.5, 0.6) is 11.5 Å². The van der Waals surface area contributed by atoms with E-state index in [4.69, 9.17) is 9.47 Å². The summed E-state index contributed by atoms with van der Waals surface area (Å²) in [5, 5.41) is 12.3. The monoisotopic (exact) mass is 447 g/mol. The lowest BCUT2D eigenvalue weighted by atomic mass is 10.1. The Morgan fingerprint density at radius 3 is 2.67 bits per heavy atom. The van der Waals surface area contributed by atoms with Crippen LogP contribution in [0.4, 0.5) is 10.5 Å². The normalized spacial score (nSPS) is 17.5. The molecular weight excluding hydrogens is 430 g/mol. The van der Waals surface area contributed by atoms with E-state index >= 15 is 0 Å². The van der Waals surface area contributed by atoms with Gasteiger partial charge in [-0.25, -0.2) is 14.5 Å². The van der Waals surface area contributed by atoms with Crippen molar-refractivity contribution in [3.05, 3.63) is 59.8 Å². The van der Waals surface area contributed by atoms with Crippen LogP contribution in [0.25, 0.3) is 17.0 Å². The molecule has 1 fully saturated rings. The van der Waals surface area contributed by atoms with Gasteiger partial charge in [-0.05, 0) is 31.2 Å². The quantitative estimate of drug-likeness (QED) is 0.465. The number of carboxylic acid groups (broad SMARTS) is 1. The van der Waals surface area contributed by atoms with E-state index in [1.165, 1.54) is 25.1 Å². The Hall–Kier alpha value is -4.60. The standard InChI is InChI=1S/C23H17N3O7/c1-12(22(29)30)25-10-13(15-4-2-3-5-17(15)25)8-16-20(27)24-23(31)26(21(16)28)14-6-7-18-19(9-14)33-11-32-18/h2-10,12H,11H2,1H3,(H,29,30)(H,24,27,31)/b16-8-/t12-/m0/s1. The maximum Gasteiger partial charge on any atom is 0.335 e. The number of carboxylic acids is 1. The van der Waals surface area contributed by atoms with Crippen LogP contribution in [0.15, 0.2) is 54.2 Å². The second-order valence-electron chi connectivity index (χ2n) is 7.52. The molecule has 0 bridgehead atoms. The Bertz CT molecular complexity index is 1390. The molecule has 1 atom stereocenters.